The predicted octanol–water partition coefficient (Wildman–Crippen LogP) is 4.63. The first kappa shape index (κ1) is 17.9. The minimum absolute atomic E-state index is 0.151. The van der Waals surface area contributed by atoms with Crippen molar-refractivity contribution in [3.05, 3.63) is 34.7 Å². The van der Waals surface area contributed by atoms with Crippen LogP contribution >= 0.6 is 34.4 Å². The van der Waals surface area contributed by atoms with Gasteiger partial charge < -0.3 is 10.1 Å². The Bertz CT molecular complexity index is 915. The Hall–Kier alpha value is -1.48. The molecule has 1 aliphatic heterocycles. The zero-order chi connectivity index (χ0) is 17.9. The molecule has 0 aliphatic carbocycles. The molecule has 3 heterocycles. The first-order valence-corrected chi connectivity index (χ1v) is 11.2. The number of ketones is 1. The van der Waals surface area contributed by atoms with Gasteiger partial charge in [-0.1, -0.05) is 41.3 Å². The van der Waals surface area contributed by atoms with Gasteiger partial charge >= 0.3 is 0 Å². The quantitative estimate of drug-likeness (QED) is 0.457. The second-order valence-electron chi connectivity index (χ2n) is 6.15. The van der Waals surface area contributed by atoms with Crippen LogP contribution in [0.5, 0.6) is 0 Å². The minimum atomic E-state index is 0.151. The highest BCUT2D eigenvalue weighted by Gasteiger charge is 2.18. The molecule has 0 amide bonds. The van der Waals surface area contributed by atoms with Crippen LogP contribution < -0.4 is 5.32 Å². The molecule has 1 aromatic carbocycles. The molecule has 1 aliphatic rings. The molecule has 0 radical (unpaired) electrons. The van der Waals surface area contributed by atoms with E-state index in [1.54, 1.807) is 11.3 Å². The first-order valence-electron chi connectivity index (χ1n) is 8.54. The number of ether oxygens (including phenoxy) is 1. The average Bonchev–Trinajstić information content (AvgIpc) is 3.39. The van der Waals surface area contributed by atoms with Gasteiger partial charge in [0.1, 0.15) is 0 Å². The van der Waals surface area contributed by atoms with Crippen molar-refractivity contribution in [2.45, 2.75) is 30.2 Å². The number of hydrogen-bond acceptors (Lipinski definition) is 8. The third-order valence-electron chi connectivity index (χ3n) is 4.34. The summed E-state index contributed by atoms with van der Waals surface area (Å²) in [6.45, 7) is 3.64. The van der Waals surface area contributed by atoms with Crippen molar-refractivity contribution >= 4 is 55.4 Å². The SMILES string of the molecule is Cc1c(C(=O)CSc2nnc(NC[C@@H]3CCCO3)s2)sc2ccccc12. The molecule has 1 atom stereocenters. The van der Waals surface area contributed by atoms with Crippen LogP contribution in [0.4, 0.5) is 5.13 Å². The molecule has 3 aromatic rings. The lowest BCUT2D eigenvalue weighted by molar-refractivity contribution is 0.102. The lowest BCUT2D eigenvalue weighted by atomic mass is 10.1. The largest absolute Gasteiger partial charge is 0.376 e. The van der Waals surface area contributed by atoms with Gasteiger partial charge in [-0.3, -0.25) is 4.79 Å². The molecule has 0 unspecified atom stereocenters. The van der Waals surface area contributed by atoms with Crippen molar-refractivity contribution in [1.29, 1.82) is 0 Å². The van der Waals surface area contributed by atoms with E-state index in [0.717, 1.165) is 50.6 Å². The van der Waals surface area contributed by atoms with E-state index in [0.29, 0.717) is 5.75 Å². The number of benzene rings is 1. The molecule has 4 rings (SSSR count). The Morgan fingerprint density at radius 1 is 1.35 bits per heavy atom. The summed E-state index contributed by atoms with van der Waals surface area (Å²) in [4.78, 5) is 13.5. The summed E-state index contributed by atoms with van der Waals surface area (Å²) in [5.74, 6) is 0.534. The van der Waals surface area contributed by atoms with E-state index < -0.39 is 0 Å². The van der Waals surface area contributed by atoms with E-state index in [1.165, 1.54) is 28.5 Å². The van der Waals surface area contributed by atoms with Crippen LogP contribution in [0.2, 0.25) is 0 Å². The normalized spacial score (nSPS) is 17.0. The summed E-state index contributed by atoms with van der Waals surface area (Å²) in [5, 5.41) is 13.6. The van der Waals surface area contributed by atoms with Crippen molar-refractivity contribution in [3.8, 4) is 0 Å². The summed E-state index contributed by atoms with van der Waals surface area (Å²) < 4.78 is 7.56. The number of thiophene rings is 1. The topological polar surface area (TPSA) is 64.1 Å². The number of Topliss-reactive ketones (excluding diaryl/α,β-unsaturated/α-hetero) is 1. The Labute approximate surface area is 164 Å². The standard InChI is InChI=1S/C18H19N3O2S3/c1-11-13-6-2-3-7-15(13)25-16(11)14(22)10-24-18-21-20-17(26-18)19-9-12-5-4-8-23-12/h2-3,6-7,12H,4-5,8-10H2,1H3,(H,19,20)/t12-/m0/s1. The zero-order valence-electron chi connectivity index (χ0n) is 14.4. The van der Waals surface area contributed by atoms with Gasteiger partial charge in [0, 0.05) is 17.9 Å². The van der Waals surface area contributed by atoms with Gasteiger partial charge in [-0.2, -0.15) is 0 Å². The third kappa shape index (κ3) is 3.93. The second kappa shape index (κ2) is 8.04. The van der Waals surface area contributed by atoms with E-state index in [4.69, 9.17) is 4.74 Å². The van der Waals surface area contributed by atoms with Gasteiger partial charge in [0.15, 0.2) is 10.1 Å². The molecular formula is C18H19N3O2S3. The molecule has 1 N–H and O–H groups in total. The van der Waals surface area contributed by atoms with Crippen LogP contribution in [0.15, 0.2) is 28.6 Å². The minimum Gasteiger partial charge on any atom is -0.376 e. The fourth-order valence-corrected chi connectivity index (χ4v) is 5.85. The molecule has 2 aromatic heterocycles. The van der Waals surface area contributed by atoms with Crippen molar-refractivity contribution in [3.63, 3.8) is 0 Å². The Morgan fingerprint density at radius 2 is 2.23 bits per heavy atom. The van der Waals surface area contributed by atoms with Crippen LogP contribution in [0.1, 0.15) is 28.1 Å². The van der Waals surface area contributed by atoms with Crippen molar-refractivity contribution in [2.75, 3.05) is 24.2 Å². The molecule has 0 saturated carbocycles. The number of rotatable bonds is 7. The molecule has 26 heavy (non-hydrogen) atoms. The maximum Gasteiger partial charge on any atom is 0.206 e. The summed E-state index contributed by atoms with van der Waals surface area (Å²) in [7, 11) is 0. The number of aryl methyl sites for hydroxylation is 1. The van der Waals surface area contributed by atoms with E-state index in [-0.39, 0.29) is 11.9 Å². The fraction of sp³-hybridized carbons (Fsp3) is 0.389. The number of nitrogens with zero attached hydrogens (tertiary/aromatic N) is 2. The predicted molar refractivity (Wildman–Crippen MR) is 109 cm³/mol. The molecule has 8 heteroatoms. The fourth-order valence-electron chi connectivity index (χ4n) is 2.98. The summed E-state index contributed by atoms with van der Waals surface area (Å²) in [6, 6.07) is 8.15. The number of aromatic nitrogens is 2. The van der Waals surface area contributed by atoms with Gasteiger partial charge in [-0.25, -0.2) is 0 Å². The van der Waals surface area contributed by atoms with Gasteiger partial charge in [0.2, 0.25) is 5.13 Å². The van der Waals surface area contributed by atoms with Crippen LogP contribution in [-0.2, 0) is 4.74 Å². The maximum absolute atomic E-state index is 12.6. The summed E-state index contributed by atoms with van der Waals surface area (Å²) in [6.07, 6.45) is 2.49. The molecular weight excluding hydrogens is 386 g/mol. The van der Waals surface area contributed by atoms with Gasteiger partial charge in [0.05, 0.1) is 16.7 Å². The van der Waals surface area contributed by atoms with Gasteiger partial charge in [-0.05, 0) is 36.8 Å². The Kier molecular flexibility index (Phi) is 5.54. The van der Waals surface area contributed by atoms with E-state index in [1.807, 2.05) is 19.1 Å². The highest BCUT2D eigenvalue weighted by molar-refractivity contribution is 8.01. The number of fused-ring (bicyclic) bond motifs is 1. The van der Waals surface area contributed by atoms with Gasteiger partial charge in [-0.15, -0.1) is 21.5 Å². The number of carbonyl (C=O) groups is 1. The monoisotopic (exact) mass is 405 g/mol. The molecule has 136 valence electrons. The van der Waals surface area contributed by atoms with E-state index >= 15 is 0 Å². The highest BCUT2D eigenvalue weighted by Crippen LogP contribution is 2.33. The zero-order valence-corrected chi connectivity index (χ0v) is 16.8. The number of hydrogen-bond donors (Lipinski definition) is 1. The van der Waals surface area contributed by atoms with Crippen LogP contribution in [0.25, 0.3) is 10.1 Å². The molecule has 0 spiro atoms. The Morgan fingerprint density at radius 3 is 3.04 bits per heavy atom. The lowest BCUT2D eigenvalue weighted by Crippen LogP contribution is -2.18. The summed E-state index contributed by atoms with van der Waals surface area (Å²) >= 11 is 4.51. The first-order chi connectivity index (χ1) is 12.7. The smallest absolute Gasteiger partial charge is 0.206 e. The third-order valence-corrected chi connectivity index (χ3v) is 7.66. The van der Waals surface area contributed by atoms with Crippen molar-refractivity contribution in [2.24, 2.45) is 0 Å². The van der Waals surface area contributed by atoms with Crippen molar-refractivity contribution < 1.29 is 9.53 Å². The number of anilines is 1. The second-order valence-corrected chi connectivity index (χ2v) is 9.41. The van der Waals surface area contributed by atoms with Crippen LogP contribution in [0.3, 0.4) is 0 Å². The molecule has 0 bridgehead atoms. The average molecular weight is 406 g/mol. The van der Waals surface area contributed by atoms with Crippen LogP contribution in [0, 0.1) is 6.92 Å². The van der Waals surface area contributed by atoms with Crippen LogP contribution in [-0.4, -0.2) is 41.0 Å². The maximum atomic E-state index is 12.6. The number of nitrogens with one attached hydrogen (secondary N) is 1. The van der Waals surface area contributed by atoms with E-state index in [9.17, 15) is 4.79 Å². The van der Waals surface area contributed by atoms with Crippen molar-refractivity contribution in [1.82, 2.24) is 10.2 Å². The number of thioether (sulfide) groups is 1. The molecule has 1 fully saturated rings. The molecule has 5 nitrogen and oxygen atoms in total. The van der Waals surface area contributed by atoms with E-state index in [2.05, 4.69) is 27.6 Å². The number of carbonyl (C=O) groups excluding carboxylic acids is 1. The Balaban J connectivity index is 1.34. The summed E-state index contributed by atoms with van der Waals surface area (Å²) in [5.41, 5.74) is 1.08. The highest BCUT2D eigenvalue weighted by atomic mass is 32.2. The lowest BCUT2D eigenvalue weighted by Gasteiger charge is -2.08. The molecule has 1 saturated heterocycles. The van der Waals surface area contributed by atoms with Gasteiger partial charge in [0.25, 0.3) is 0 Å².